The predicted molar refractivity (Wildman–Crippen MR) is 74.7 cm³/mol. The Kier molecular flexibility index (Phi) is 3.96. The highest BCUT2D eigenvalue weighted by molar-refractivity contribution is 5.15. The Labute approximate surface area is 110 Å². The van der Waals surface area contributed by atoms with Crippen molar-refractivity contribution in [2.75, 3.05) is 32.7 Å². The number of hydrogen-bond donors (Lipinski definition) is 0. The van der Waals surface area contributed by atoms with Crippen LogP contribution in [0.1, 0.15) is 18.4 Å². The van der Waals surface area contributed by atoms with Gasteiger partial charge in [-0.2, -0.15) is 0 Å². The van der Waals surface area contributed by atoms with Gasteiger partial charge < -0.3 is 4.90 Å². The minimum absolute atomic E-state index is 0.937. The van der Waals surface area contributed by atoms with Gasteiger partial charge in [-0.15, -0.1) is 0 Å². The monoisotopic (exact) mass is 243 g/mol. The van der Waals surface area contributed by atoms with Crippen molar-refractivity contribution in [3.05, 3.63) is 35.9 Å². The third-order valence-corrected chi connectivity index (χ3v) is 4.37. The van der Waals surface area contributed by atoms with Crippen molar-refractivity contribution >= 4 is 0 Å². The molecule has 1 saturated carbocycles. The van der Waals surface area contributed by atoms with Crippen molar-refractivity contribution in [1.82, 2.24) is 10.2 Å². The van der Waals surface area contributed by atoms with Gasteiger partial charge in [-0.1, -0.05) is 30.3 Å². The molecule has 0 unspecified atom stereocenters. The lowest BCUT2D eigenvalue weighted by Gasteiger charge is -2.39. The first kappa shape index (κ1) is 12.2. The highest BCUT2D eigenvalue weighted by Crippen LogP contribution is 2.36. The summed E-state index contributed by atoms with van der Waals surface area (Å²) in [5.41, 5.74) is 1.51. The largest absolute Gasteiger partial charge is 0.300 e. The second kappa shape index (κ2) is 5.85. The first-order chi connectivity index (χ1) is 8.90. The van der Waals surface area contributed by atoms with Gasteiger partial charge in [-0.25, -0.2) is 5.32 Å². The van der Waals surface area contributed by atoms with Crippen LogP contribution in [0.4, 0.5) is 0 Å². The first-order valence-electron chi connectivity index (χ1n) is 7.29. The van der Waals surface area contributed by atoms with Crippen LogP contribution in [0.15, 0.2) is 30.3 Å². The van der Waals surface area contributed by atoms with Crippen LogP contribution in [-0.4, -0.2) is 37.6 Å². The lowest BCUT2D eigenvalue weighted by molar-refractivity contribution is 0.115. The zero-order valence-corrected chi connectivity index (χ0v) is 11.1. The standard InChI is InChI=1S/C16H23N2/c1-2-4-14(5-3-1)10-15-11-16(12-15)13-18-8-6-17-7-9-18/h1-5,15-16H,6-13H2. The Morgan fingerprint density at radius 3 is 2.44 bits per heavy atom. The Morgan fingerprint density at radius 2 is 1.72 bits per heavy atom. The van der Waals surface area contributed by atoms with E-state index in [9.17, 15) is 0 Å². The highest BCUT2D eigenvalue weighted by atomic mass is 15.2. The molecule has 0 atom stereocenters. The summed E-state index contributed by atoms with van der Waals surface area (Å²) >= 11 is 0. The molecule has 1 aromatic carbocycles. The van der Waals surface area contributed by atoms with E-state index in [0.717, 1.165) is 24.9 Å². The fourth-order valence-electron chi connectivity index (χ4n) is 3.33. The SMILES string of the molecule is c1ccc(CC2CC(CN3CC[N]CC3)C2)cc1. The summed E-state index contributed by atoms with van der Waals surface area (Å²) in [5.74, 6) is 1.89. The van der Waals surface area contributed by atoms with E-state index < -0.39 is 0 Å². The van der Waals surface area contributed by atoms with Crippen LogP contribution in [0.25, 0.3) is 0 Å². The zero-order valence-electron chi connectivity index (χ0n) is 11.1. The number of rotatable bonds is 4. The molecule has 1 saturated heterocycles. The molecule has 97 valence electrons. The number of hydrogen-bond acceptors (Lipinski definition) is 1. The van der Waals surface area contributed by atoms with Gasteiger partial charge in [0.25, 0.3) is 0 Å². The summed E-state index contributed by atoms with van der Waals surface area (Å²) < 4.78 is 0. The van der Waals surface area contributed by atoms with Gasteiger partial charge in [-0.3, -0.25) is 0 Å². The van der Waals surface area contributed by atoms with Crippen molar-refractivity contribution < 1.29 is 0 Å². The van der Waals surface area contributed by atoms with Gasteiger partial charge >= 0.3 is 0 Å². The molecular formula is C16H23N2. The van der Waals surface area contributed by atoms with Crippen molar-refractivity contribution in [2.24, 2.45) is 11.8 Å². The molecule has 0 amide bonds. The van der Waals surface area contributed by atoms with Crippen LogP contribution in [0.3, 0.4) is 0 Å². The molecule has 1 aromatic rings. The molecule has 18 heavy (non-hydrogen) atoms. The van der Waals surface area contributed by atoms with Gasteiger partial charge in [0.2, 0.25) is 0 Å². The van der Waals surface area contributed by atoms with Gasteiger partial charge in [0.1, 0.15) is 0 Å². The Bertz CT molecular complexity index is 351. The van der Waals surface area contributed by atoms with Crippen LogP contribution in [0, 0.1) is 11.8 Å². The summed E-state index contributed by atoms with van der Waals surface area (Å²) in [6.07, 6.45) is 4.15. The Hall–Kier alpha value is -0.860. The normalized spacial score (nSPS) is 28.9. The molecule has 1 radical (unpaired) electrons. The minimum atomic E-state index is 0.937. The van der Waals surface area contributed by atoms with E-state index in [4.69, 9.17) is 0 Å². The van der Waals surface area contributed by atoms with Crippen molar-refractivity contribution in [2.45, 2.75) is 19.3 Å². The van der Waals surface area contributed by atoms with E-state index in [0.29, 0.717) is 0 Å². The van der Waals surface area contributed by atoms with Crippen LogP contribution in [0.5, 0.6) is 0 Å². The number of piperazine rings is 1. The molecule has 0 spiro atoms. The van der Waals surface area contributed by atoms with E-state index in [1.807, 2.05) is 0 Å². The maximum absolute atomic E-state index is 4.41. The number of nitrogens with zero attached hydrogens (tertiary/aromatic N) is 2. The Balaban J connectivity index is 1.38. The maximum atomic E-state index is 4.41. The number of benzene rings is 1. The van der Waals surface area contributed by atoms with Gasteiger partial charge in [0.15, 0.2) is 0 Å². The molecule has 2 aliphatic rings. The average molecular weight is 243 g/mol. The third-order valence-electron chi connectivity index (χ3n) is 4.37. The van der Waals surface area contributed by atoms with E-state index in [1.165, 1.54) is 44.5 Å². The average Bonchev–Trinajstić information content (AvgIpc) is 2.39. The second-order valence-electron chi connectivity index (χ2n) is 5.86. The summed E-state index contributed by atoms with van der Waals surface area (Å²) in [6.45, 7) is 5.82. The van der Waals surface area contributed by atoms with Crippen LogP contribution < -0.4 is 5.32 Å². The molecule has 3 rings (SSSR count). The van der Waals surface area contributed by atoms with Crippen molar-refractivity contribution in [3.8, 4) is 0 Å². The summed E-state index contributed by atoms with van der Waals surface area (Å²) in [7, 11) is 0. The lowest BCUT2D eigenvalue weighted by Crippen LogP contribution is -2.45. The summed E-state index contributed by atoms with van der Waals surface area (Å²) in [4.78, 5) is 2.61. The Morgan fingerprint density at radius 1 is 1.00 bits per heavy atom. The third kappa shape index (κ3) is 3.12. The smallest absolute Gasteiger partial charge is 0.0261 e. The van der Waals surface area contributed by atoms with Gasteiger partial charge in [0.05, 0.1) is 0 Å². The van der Waals surface area contributed by atoms with E-state index >= 15 is 0 Å². The van der Waals surface area contributed by atoms with Gasteiger partial charge in [0, 0.05) is 32.7 Å². The first-order valence-corrected chi connectivity index (χ1v) is 7.29. The molecule has 1 aliphatic heterocycles. The van der Waals surface area contributed by atoms with Crippen LogP contribution in [-0.2, 0) is 6.42 Å². The maximum Gasteiger partial charge on any atom is 0.0261 e. The lowest BCUT2D eigenvalue weighted by atomic mass is 9.72. The fourth-order valence-corrected chi connectivity index (χ4v) is 3.33. The second-order valence-corrected chi connectivity index (χ2v) is 5.86. The van der Waals surface area contributed by atoms with E-state index in [-0.39, 0.29) is 0 Å². The molecule has 2 heteroatoms. The van der Waals surface area contributed by atoms with Crippen molar-refractivity contribution in [3.63, 3.8) is 0 Å². The van der Waals surface area contributed by atoms with Crippen molar-refractivity contribution in [1.29, 1.82) is 0 Å². The fraction of sp³-hybridized carbons (Fsp3) is 0.625. The van der Waals surface area contributed by atoms with Crippen LogP contribution >= 0.6 is 0 Å². The molecule has 0 bridgehead atoms. The molecule has 1 heterocycles. The molecular weight excluding hydrogens is 220 g/mol. The van der Waals surface area contributed by atoms with Crippen LogP contribution in [0.2, 0.25) is 0 Å². The predicted octanol–water partition coefficient (Wildman–Crippen LogP) is 2.18. The summed E-state index contributed by atoms with van der Waals surface area (Å²) in [5, 5.41) is 4.41. The summed E-state index contributed by atoms with van der Waals surface area (Å²) in [6, 6.07) is 10.9. The highest BCUT2D eigenvalue weighted by Gasteiger charge is 2.30. The molecule has 0 N–H and O–H groups in total. The molecule has 0 aromatic heterocycles. The van der Waals surface area contributed by atoms with E-state index in [2.05, 4.69) is 40.5 Å². The van der Waals surface area contributed by atoms with Gasteiger partial charge in [-0.05, 0) is 36.7 Å². The quantitative estimate of drug-likeness (QED) is 0.792. The molecule has 1 aliphatic carbocycles. The van der Waals surface area contributed by atoms with E-state index in [1.54, 1.807) is 0 Å². The zero-order chi connectivity index (χ0) is 12.2. The minimum Gasteiger partial charge on any atom is -0.300 e. The molecule has 2 fully saturated rings. The topological polar surface area (TPSA) is 17.3 Å². The molecule has 2 nitrogen and oxygen atoms in total.